The van der Waals surface area contributed by atoms with Crippen LogP contribution in [0.5, 0.6) is 0 Å². The quantitative estimate of drug-likeness (QED) is 0.871. The maximum absolute atomic E-state index is 11.2. The molecule has 18 heavy (non-hydrogen) atoms. The molecule has 1 aromatic rings. The number of rotatable bonds is 4. The van der Waals surface area contributed by atoms with Gasteiger partial charge in [0.25, 0.3) is 0 Å². The van der Waals surface area contributed by atoms with E-state index in [4.69, 9.17) is 9.63 Å². The Kier molecular flexibility index (Phi) is 3.25. The first-order chi connectivity index (χ1) is 8.74. The fourth-order valence-corrected chi connectivity index (χ4v) is 3.18. The minimum absolute atomic E-state index is 0.442. The van der Waals surface area contributed by atoms with Crippen molar-refractivity contribution in [2.75, 3.05) is 18.1 Å². The highest BCUT2D eigenvalue weighted by atomic mass is 32.2. The normalized spacial score (nSPS) is 25.2. The Morgan fingerprint density at radius 1 is 1.56 bits per heavy atom. The second-order valence-electron chi connectivity index (χ2n) is 4.72. The van der Waals surface area contributed by atoms with E-state index in [1.54, 1.807) is 11.8 Å². The van der Waals surface area contributed by atoms with Gasteiger partial charge in [0.15, 0.2) is 5.82 Å². The number of nitrogens with zero attached hydrogens (tertiary/aromatic N) is 3. The van der Waals surface area contributed by atoms with Gasteiger partial charge in [-0.15, -0.1) is 0 Å². The Morgan fingerprint density at radius 3 is 3.11 bits per heavy atom. The topological polar surface area (TPSA) is 79.5 Å². The molecule has 3 rings (SSSR count). The van der Waals surface area contributed by atoms with Crippen molar-refractivity contribution in [3.63, 3.8) is 0 Å². The third-order valence-electron chi connectivity index (χ3n) is 3.29. The summed E-state index contributed by atoms with van der Waals surface area (Å²) in [4.78, 5) is 17.4. The zero-order valence-electron chi connectivity index (χ0n) is 9.91. The van der Waals surface area contributed by atoms with E-state index in [0.717, 1.165) is 31.0 Å². The molecule has 98 valence electrons. The van der Waals surface area contributed by atoms with E-state index >= 15 is 0 Å². The van der Waals surface area contributed by atoms with Gasteiger partial charge in [-0.1, -0.05) is 5.16 Å². The van der Waals surface area contributed by atoms with Crippen LogP contribution in [0.15, 0.2) is 4.52 Å². The first-order valence-corrected chi connectivity index (χ1v) is 7.26. The Hall–Kier alpha value is -1.08. The third kappa shape index (κ3) is 2.51. The molecular formula is C11H15N3O3S. The van der Waals surface area contributed by atoms with Crippen molar-refractivity contribution in [3.8, 4) is 0 Å². The van der Waals surface area contributed by atoms with Crippen molar-refractivity contribution in [1.82, 2.24) is 15.0 Å². The standard InChI is InChI=1S/C11H15N3O3S/c15-11(16)8-6-18-4-3-14(8)5-9-12-10(13-17-9)7-1-2-7/h7-8H,1-6H2,(H,15,16). The average molecular weight is 269 g/mol. The molecule has 6 nitrogen and oxygen atoms in total. The summed E-state index contributed by atoms with van der Waals surface area (Å²) in [5, 5.41) is 13.1. The number of carboxylic acid groups (broad SMARTS) is 1. The zero-order valence-corrected chi connectivity index (χ0v) is 10.7. The van der Waals surface area contributed by atoms with Gasteiger partial charge in [0.2, 0.25) is 5.89 Å². The third-order valence-corrected chi connectivity index (χ3v) is 4.31. The molecule has 7 heteroatoms. The Morgan fingerprint density at radius 2 is 2.39 bits per heavy atom. The number of carboxylic acids is 1. The predicted molar refractivity (Wildman–Crippen MR) is 65.4 cm³/mol. The molecule has 2 aliphatic rings. The molecule has 0 radical (unpaired) electrons. The van der Waals surface area contributed by atoms with Crippen LogP contribution in [0.4, 0.5) is 0 Å². The van der Waals surface area contributed by atoms with Crippen LogP contribution in [0, 0.1) is 0 Å². The maximum Gasteiger partial charge on any atom is 0.321 e. The number of aliphatic carboxylic acids is 1. The Bertz CT molecular complexity index is 446. The van der Waals surface area contributed by atoms with Gasteiger partial charge in [-0.2, -0.15) is 16.7 Å². The number of carbonyl (C=O) groups is 1. The second kappa shape index (κ2) is 4.89. The van der Waals surface area contributed by atoms with Gasteiger partial charge in [-0.05, 0) is 12.8 Å². The lowest BCUT2D eigenvalue weighted by Gasteiger charge is -2.31. The van der Waals surface area contributed by atoms with Gasteiger partial charge in [0, 0.05) is 24.0 Å². The monoisotopic (exact) mass is 269 g/mol. The summed E-state index contributed by atoms with van der Waals surface area (Å²) in [6.07, 6.45) is 2.27. The van der Waals surface area contributed by atoms with Gasteiger partial charge in [0.05, 0.1) is 6.54 Å². The number of hydrogen-bond acceptors (Lipinski definition) is 6. The molecule has 0 spiro atoms. The van der Waals surface area contributed by atoms with Crippen molar-refractivity contribution in [3.05, 3.63) is 11.7 Å². The van der Waals surface area contributed by atoms with Crippen molar-refractivity contribution in [1.29, 1.82) is 0 Å². The van der Waals surface area contributed by atoms with Crippen molar-refractivity contribution in [2.45, 2.75) is 31.3 Å². The van der Waals surface area contributed by atoms with Gasteiger partial charge in [0.1, 0.15) is 6.04 Å². The predicted octanol–water partition coefficient (Wildman–Crippen LogP) is 0.949. The molecule has 0 aromatic carbocycles. The zero-order chi connectivity index (χ0) is 12.5. The number of hydrogen-bond donors (Lipinski definition) is 1. The smallest absolute Gasteiger partial charge is 0.321 e. The van der Waals surface area contributed by atoms with Gasteiger partial charge >= 0.3 is 5.97 Å². The number of thioether (sulfide) groups is 1. The Labute approximate surface area is 109 Å². The average Bonchev–Trinajstić information content (AvgIpc) is 3.11. The first kappa shape index (κ1) is 12.0. The summed E-state index contributed by atoms with van der Waals surface area (Å²) >= 11 is 1.68. The first-order valence-electron chi connectivity index (χ1n) is 6.11. The van der Waals surface area contributed by atoms with E-state index in [2.05, 4.69) is 10.1 Å². The molecular weight excluding hydrogens is 254 g/mol. The molecule has 0 amide bonds. The SMILES string of the molecule is O=C(O)C1CSCCN1Cc1nc(C2CC2)no1. The van der Waals surface area contributed by atoms with Gasteiger partial charge in [-0.25, -0.2) is 0 Å². The molecule has 1 aromatic heterocycles. The fraction of sp³-hybridized carbons (Fsp3) is 0.727. The van der Waals surface area contributed by atoms with E-state index < -0.39 is 12.0 Å². The van der Waals surface area contributed by atoms with E-state index in [9.17, 15) is 4.79 Å². The highest BCUT2D eigenvalue weighted by Crippen LogP contribution is 2.38. The van der Waals surface area contributed by atoms with Crippen molar-refractivity contribution < 1.29 is 14.4 Å². The van der Waals surface area contributed by atoms with E-state index in [0.29, 0.717) is 24.1 Å². The van der Waals surface area contributed by atoms with Crippen LogP contribution < -0.4 is 0 Å². The molecule has 2 heterocycles. The molecule has 0 bridgehead atoms. The van der Waals surface area contributed by atoms with Crippen LogP contribution in [0.25, 0.3) is 0 Å². The summed E-state index contributed by atoms with van der Waals surface area (Å²) in [5.74, 6) is 2.59. The van der Waals surface area contributed by atoms with Gasteiger partial charge in [-0.3, -0.25) is 9.69 Å². The van der Waals surface area contributed by atoms with E-state index in [1.807, 2.05) is 4.90 Å². The molecule has 1 aliphatic carbocycles. The van der Waals surface area contributed by atoms with Crippen molar-refractivity contribution in [2.24, 2.45) is 0 Å². The summed E-state index contributed by atoms with van der Waals surface area (Å²) in [6, 6.07) is -0.444. The second-order valence-corrected chi connectivity index (χ2v) is 5.87. The van der Waals surface area contributed by atoms with E-state index in [1.165, 1.54) is 0 Å². The number of aromatic nitrogens is 2. The minimum Gasteiger partial charge on any atom is -0.480 e. The highest BCUT2D eigenvalue weighted by molar-refractivity contribution is 7.99. The van der Waals surface area contributed by atoms with Crippen LogP contribution in [-0.4, -0.2) is 50.2 Å². The molecule has 1 saturated heterocycles. The van der Waals surface area contributed by atoms with Crippen LogP contribution in [-0.2, 0) is 11.3 Å². The lowest BCUT2D eigenvalue weighted by atomic mass is 10.2. The Balaban J connectivity index is 1.67. The summed E-state index contributed by atoms with van der Waals surface area (Å²) in [7, 11) is 0. The van der Waals surface area contributed by atoms with Crippen molar-refractivity contribution >= 4 is 17.7 Å². The summed E-state index contributed by atoms with van der Waals surface area (Å²) in [5.41, 5.74) is 0. The molecule has 2 fully saturated rings. The summed E-state index contributed by atoms with van der Waals surface area (Å²) < 4.78 is 5.19. The van der Waals surface area contributed by atoms with E-state index in [-0.39, 0.29) is 0 Å². The molecule has 1 unspecified atom stereocenters. The van der Waals surface area contributed by atoms with Gasteiger partial charge < -0.3 is 9.63 Å². The molecule has 1 atom stereocenters. The van der Waals surface area contributed by atoms with Crippen LogP contribution in [0.3, 0.4) is 0 Å². The van der Waals surface area contributed by atoms with Crippen LogP contribution in [0.2, 0.25) is 0 Å². The van der Waals surface area contributed by atoms with Crippen LogP contribution in [0.1, 0.15) is 30.5 Å². The summed E-state index contributed by atoms with van der Waals surface area (Å²) in [6.45, 7) is 1.19. The molecule has 1 saturated carbocycles. The highest BCUT2D eigenvalue weighted by Gasteiger charge is 2.32. The molecule has 1 N–H and O–H groups in total. The largest absolute Gasteiger partial charge is 0.480 e. The molecule has 1 aliphatic heterocycles. The lowest BCUT2D eigenvalue weighted by Crippen LogP contribution is -2.46. The minimum atomic E-state index is -0.774. The fourth-order valence-electron chi connectivity index (χ4n) is 2.07. The van der Waals surface area contributed by atoms with Crippen LogP contribution >= 0.6 is 11.8 Å². The maximum atomic E-state index is 11.2. The lowest BCUT2D eigenvalue weighted by molar-refractivity contribution is -0.142.